The van der Waals surface area contributed by atoms with Crippen LogP contribution < -0.4 is 42.4 Å². The molecular formula is C55H52O4P4+4. The Morgan fingerprint density at radius 3 is 0.508 bits per heavy atom. The van der Waals surface area contributed by atoms with Crippen molar-refractivity contribution in [2.45, 2.75) is 30.8 Å². The maximum absolute atomic E-state index is 7.83. The minimum Gasteiger partial charge on any atom is -0.223 e. The average molecular weight is 901 g/mol. The van der Waals surface area contributed by atoms with Gasteiger partial charge in [0.15, 0.2) is 32.6 Å². The van der Waals surface area contributed by atoms with Crippen LogP contribution in [0.3, 0.4) is 0 Å². The van der Waals surface area contributed by atoms with E-state index in [1.54, 1.807) is 0 Å². The summed E-state index contributed by atoms with van der Waals surface area (Å²) in [5, 5.41) is 9.73. The van der Waals surface area contributed by atoms with E-state index in [4.69, 9.17) is 18.1 Å². The van der Waals surface area contributed by atoms with Crippen LogP contribution in [0.4, 0.5) is 0 Å². The maximum atomic E-state index is 7.83. The van der Waals surface area contributed by atoms with E-state index in [0.717, 1.165) is 6.42 Å². The van der Waals surface area contributed by atoms with Gasteiger partial charge in [0.2, 0.25) is 0 Å². The van der Waals surface area contributed by atoms with Crippen LogP contribution in [-0.4, -0.2) is 24.4 Å². The Morgan fingerprint density at radius 1 is 0.222 bits per heavy atom. The number of rotatable bonds is 16. The average Bonchev–Trinajstić information content (AvgIpc) is 3.90. The highest BCUT2D eigenvalue weighted by Gasteiger charge is 2.67. The monoisotopic (exact) mass is 900 g/mol. The van der Waals surface area contributed by atoms with Crippen LogP contribution in [-0.2, 0) is 18.1 Å². The minimum atomic E-state index is -1.73. The molecule has 2 fully saturated rings. The Morgan fingerprint density at radius 2 is 0.365 bits per heavy atom. The van der Waals surface area contributed by atoms with E-state index in [1.165, 1.54) is 42.4 Å². The molecule has 0 radical (unpaired) electrons. The lowest BCUT2D eigenvalue weighted by Crippen LogP contribution is -2.51. The molecule has 0 aliphatic heterocycles. The van der Waals surface area contributed by atoms with Crippen molar-refractivity contribution in [3.05, 3.63) is 243 Å². The van der Waals surface area contributed by atoms with Crippen LogP contribution in [0.5, 0.6) is 0 Å². The van der Waals surface area contributed by atoms with Crippen molar-refractivity contribution in [3.63, 3.8) is 0 Å². The molecule has 2 aliphatic carbocycles. The molecule has 4 atom stereocenters. The van der Waals surface area contributed by atoms with Crippen molar-refractivity contribution >= 4 is 75.0 Å². The van der Waals surface area contributed by atoms with E-state index in [9.17, 15) is 0 Å². The van der Waals surface area contributed by atoms with E-state index >= 15 is 0 Å². The van der Waals surface area contributed by atoms with Gasteiger partial charge in [-0.25, -0.2) is 18.1 Å². The Hall–Kier alpha value is -4.68. The van der Waals surface area contributed by atoms with Gasteiger partial charge in [-0.05, 0) is 103 Å². The molecule has 2 saturated carbocycles. The van der Waals surface area contributed by atoms with Crippen molar-refractivity contribution in [1.82, 2.24) is 0 Å². The fourth-order valence-corrected chi connectivity index (χ4v) is 18.0. The standard InChI is InChI=1S/C55H48O4P4/c1-9-25-42(26-10-1)60(43-27-11-2-12-28-43)56-52-50-41-51(53(52)57-61(44-29-13-3-14-30-44)45-31-15-4-16-32-45)55(59-63(48-37-21-7-22-38-48)49-39-23-8-24-40-49)54(50)58-62(46-33-17-5-18-34-46)47-35-19-6-20-36-47/h1-40,50-55H,41H2/p+4. The summed E-state index contributed by atoms with van der Waals surface area (Å²) >= 11 is 0. The second kappa shape index (κ2) is 20.4. The van der Waals surface area contributed by atoms with Crippen LogP contribution in [0, 0.1) is 11.8 Å². The summed E-state index contributed by atoms with van der Waals surface area (Å²) in [7, 11) is -6.92. The third kappa shape index (κ3) is 9.58. The maximum Gasteiger partial charge on any atom is 0.198 e. The van der Waals surface area contributed by atoms with Crippen molar-refractivity contribution in [2.75, 3.05) is 0 Å². The molecule has 312 valence electrons. The van der Waals surface area contributed by atoms with Gasteiger partial charge in [0.05, 0.1) is 0 Å². The normalized spacial score (nSPS) is 20.5. The SMILES string of the molecule is c1ccc([PH+](OC2C3CC(C2O[PH+](c2ccccc2)c2ccccc2)C(O[PH+](c2ccccc2)c2ccccc2)C3O[PH+](c2ccccc2)c2ccccc2)c2ccccc2)cc1. The zero-order valence-corrected chi connectivity index (χ0v) is 38.9. The molecule has 0 N–H and O–H groups in total. The third-order valence-electron chi connectivity index (χ3n) is 12.2. The summed E-state index contributed by atoms with van der Waals surface area (Å²) in [6.45, 7) is 0. The first-order valence-electron chi connectivity index (χ1n) is 21.9. The molecule has 10 rings (SSSR count). The van der Waals surface area contributed by atoms with E-state index in [-0.39, 0.29) is 36.3 Å². The van der Waals surface area contributed by atoms with Gasteiger partial charge in [0.1, 0.15) is 66.9 Å². The molecule has 2 bridgehead atoms. The highest BCUT2D eigenvalue weighted by Crippen LogP contribution is 2.60. The lowest BCUT2D eigenvalue weighted by molar-refractivity contribution is -0.0681. The quantitative estimate of drug-likeness (QED) is 0.0908. The van der Waals surface area contributed by atoms with Gasteiger partial charge in [0, 0.05) is 11.8 Å². The number of benzene rings is 8. The summed E-state index contributed by atoms with van der Waals surface area (Å²) in [5.41, 5.74) is 0. The summed E-state index contributed by atoms with van der Waals surface area (Å²) < 4.78 is 31.3. The smallest absolute Gasteiger partial charge is 0.198 e. The molecule has 4 unspecified atom stereocenters. The van der Waals surface area contributed by atoms with Gasteiger partial charge < -0.3 is 0 Å². The van der Waals surface area contributed by atoms with Crippen LogP contribution >= 0.6 is 32.6 Å². The molecular weight excluding hydrogens is 848 g/mol. The molecule has 63 heavy (non-hydrogen) atoms. The van der Waals surface area contributed by atoms with Gasteiger partial charge in [-0.1, -0.05) is 146 Å². The van der Waals surface area contributed by atoms with Gasteiger partial charge >= 0.3 is 0 Å². The van der Waals surface area contributed by atoms with Crippen molar-refractivity contribution in [2.24, 2.45) is 11.8 Å². The highest BCUT2D eigenvalue weighted by molar-refractivity contribution is 7.69. The predicted octanol–water partition coefficient (Wildman–Crippen LogP) is 9.30. The molecule has 8 aromatic carbocycles. The molecule has 8 aromatic rings. The zero-order chi connectivity index (χ0) is 42.2. The van der Waals surface area contributed by atoms with Crippen molar-refractivity contribution in [3.8, 4) is 0 Å². The Labute approximate surface area is 376 Å². The Balaban J connectivity index is 1.12. The van der Waals surface area contributed by atoms with Gasteiger partial charge in [0.25, 0.3) is 0 Å². The van der Waals surface area contributed by atoms with Crippen LogP contribution in [0.1, 0.15) is 6.42 Å². The first kappa shape index (κ1) is 42.3. The summed E-state index contributed by atoms with van der Waals surface area (Å²) in [6, 6.07) is 86.5. The molecule has 8 heteroatoms. The summed E-state index contributed by atoms with van der Waals surface area (Å²) in [5.74, 6) is 0.0175. The molecule has 0 saturated heterocycles. The van der Waals surface area contributed by atoms with E-state index in [0.29, 0.717) is 0 Å². The molecule has 0 aromatic heterocycles. The fraction of sp³-hybridized carbons (Fsp3) is 0.127. The predicted molar refractivity (Wildman–Crippen MR) is 273 cm³/mol. The largest absolute Gasteiger partial charge is 0.223 e. The van der Waals surface area contributed by atoms with E-state index in [2.05, 4.69) is 243 Å². The molecule has 0 amide bonds. The third-order valence-corrected chi connectivity index (χ3v) is 21.1. The molecule has 2 aliphatic rings. The lowest BCUT2D eigenvalue weighted by atomic mass is 9.90. The highest BCUT2D eigenvalue weighted by atomic mass is 31.1. The summed E-state index contributed by atoms with van der Waals surface area (Å²) in [6.07, 6.45) is -0.124. The fourth-order valence-electron chi connectivity index (χ4n) is 9.29. The van der Waals surface area contributed by atoms with Crippen LogP contribution in [0.2, 0.25) is 0 Å². The molecule has 4 nitrogen and oxygen atoms in total. The van der Waals surface area contributed by atoms with Crippen LogP contribution in [0.15, 0.2) is 243 Å². The van der Waals surface area contributed by atoms with Crippen molar-refractivity contribution < 1.29 is 18.1 Å². The second-order valence-electron chi connectivity index (χ2n) is 16.1. The van der Waals surface area contributed by atoms with Gasteiger partial charge in [-0.15, -0.1) is 0 Å². The number of fused-ring (bicyclic) bond motifs is 2. The van der Waals surface area contributed by atoms with E-state index < -0.39 is 32.6 Å². The van der Waals surface area contributed by atoms with E-state index in [1.807, 2.05) is 0 Å². The Bertz CT molecular complexity index is 2080. The molecule has 0 heterocycles. The van der Waals surface area contributed by atoms with Gasteiger partial charge in [-0.2, -0.15) is 0 Å². The first-order valence-corrected chi connectivity index (χ1v) is 27.5. The summed E-state index contributed by atoms with van der Waals surface area (Å²) in [4.78, 5) is 0. The number of hydrogen-bond donors (Lipinski definition) is 0. The Kier molecular flexibility index (Phi) is 13.7. The zero-order valence-electron chi connectivity index (χ0n) is 34.9. The first-order chi connectivity index (χ1) is 31.3. The lowest BCUT2D eigenvalue weighted by Gasteiger charge is -2.37. The topological polar surface area (TPSA) is 36.9 Å². The second-order valence-corrected chi connectivity index (χ2v) is 24.3. The number of hydrogen-bond acceptors (Lipinski definition) is 4. The van der Waals surface area contributed by atoms with Crippen molar-refractivity contribution in [1.29, 1.82) is 0 Å². The molecule has 0 spiro atoms. The minimum absolute atomic E-state index is 0.00874. The van der Waals surface area contributed by atoms with Crippen LogP contribution in [0.25, 0.3) is 0 Å². The van der Waals surface area contributed by atoms with Gasteiger partial charge in [-0.3, -0.25) is 0 Å².